The molecule has 1 heteroatoms. The molecule has 2 unspecified atom stereocenters. The van der Waals surface area contributed by atoms with Crippen LogP contribution in [-0.2, 0) is 0 Å². The first-order chi connectivity index (χ1) is 6.22. The summed E-state index contributed by atoms with van der Waals surface area (Å²) >= 11 is 0. The second-order valence-corrected chi connectivity index (χ2v) is 4.20. The molecule has 0 bridgehead atoms. The highest BCUT2D eigenvalue weighted by molar-refractivity contribution is 5.77. The molecule has 1 heterocycles. The fourth-order valence-corrected chi connectivity index (χ4v) is 2.10. The third kappa shape index (κ3) is 0.769. The lowest BCUT2D eigenvalue weighted by atomic mass is 9.90. The summed E-state index contributed by atoms with van der Waals surface area (Å²) in [7, 11) is 0. The predicted octanol–water partition coefficient (Wildman–Crippen LogP) is 2.87. The number of benzene rings is 1. The molecule has 0 radical (unpaired) electrons. The molecule has 1 aliphatic heterocycles. The minimum absolute atomic E-state index is 0.231. The van der Waals surface area contributed by atoms with Gasteiger partial charge in [0.1, 0.15) is 11.9 Å². The van der Waals surface area contributed by atoms with Crippen molar-refractivity contribution in [1.82, 2.24) is 0 Å². The van der Waals surface area contributed by atoms with E-state index in [0.717, 1.165) is 12.2 Å². The molecule has 1 aliphatic carbocycles. The van der Waals surface area contributed by atoms with Gasteiger partial charge >= 0.3 is 0 Å². The van der Waals surface area contributed by atoms with Crippen molar-refractivity contribution < 1.29 is 4.74 Å². The molecule has 2 atom stereocenters. The number of ether oxygens (including phenoxy) is 1. The molecule has 1 fully saturated rings. The van der Waals surface area contributed by atoms with E-state index in [4.69, 9.17) is 4.74 Å². The van der Waals surface area contributed by atoms with E-state index in [-0.39, 0.29) is 5.41 Å². The van der Waals surface area contributed by atoms with Crippen molar-refractivity contribution >= 4 is 5.57 Å². The first-order valence-electron chi connectivity index (χ1n) is 4.67. The molecule has 2 aliphatic rings. The van der Waals surface area contributed by atoms with E-state index in [1.165, 1.54) is 11.1 Å². The average Bonchev–Trinajstić information content (AvgIpc) is 2.79. The van der Waals surface area contributed by atoms with Crippen molar-refractivity contribution in [2.24, 2.45) is 5.41 Å². The monoisotopic (exact) mass is 172 g/mol. The van der Waals surface area contributed by atoms with Gasteiger partial charge < -0.3 is 4.74 Å². The van der Waals surface area contributed by atoms with Crippen molar-refractivity contribution in [2.45, 2.75) is 19.4 Å². The second kappa shape index (κ2) is 1.98. The van der Waals surface area contributed by atoms with Crippen molar-refractivity contribution in [1.29, 1.82) is 0 Å². The van der Waals surface area contributed by atoms with Crippen LogP contribution >= 0.6 is 0 Å². The van der Waals surface area contributed by atoms with Crippen LogP contribution in [0.3, 0.4) is 0 Å². The van der Waals surface area contributed by atoms with E-state index in [1.54, 1.807) is 0 Å². The molecule has 1 saturated carbocycles. The van der Waals surface area contributed by atoms with Crippen molar-refractivity contribution in [3.63, 3.8) is 0 Å². The summed E-state index contributed by atoms with van der Waals surface area (Å²) in [6, 6.07) is 8.17. The van der Waals surface area contributed by atoms with Crippen LogP contribution in [0.2, 0.25) is 0 Å². The van der Waals surface area contributed by atoms with Crippen molar-refractivity contribution in [2.75, 3.05) is 0 Å². The highest BCUT2D eigenvalue weighted by Crippen LogP contribution is 2.60. The van der Waals surface area contributed by atoms with Crippen LogP contribution in [0, 0.1) is 5.41 Å². The Hall–Kier alpha value is -1.24. The smallest absolute Gasteiger partial charge is 0.127 e. The number of fused-ring (bicyclic) bond motifs is 2. The van der Waals surface area contributed by atoms with E-state index in [0.29, 0.717) is 6.10 Å². The van der Waals surface area contributed by atoms with Gasteiger partial charge in [-0.2, -0.15) is 0 Å². The zero-order chi connectivity index (χ0) is 9.05. The zero-order valence-corrected chi connectivity index (χ0v) is 7.71. The Bertz CT molecular complexity index is 394. The molecule has 0 N–H and O–H groups in total. The van der Waals surface area contributed by atoms with Gasteiger partial charge in [-0.1, -0.05) is 31.7 Å². The number of rotatable bonds is 0. The summed E-state index contributed by atoms with van der Waals surface area (Å²) in [5.41, 5.74) is 2.67. The van der Waals surface area contributed by atoms with Gasteiger partial charge in [-0.05, 0) is 18.1 Å². The SMILES string of the molecule is C=C1c2ccccc2OC2CC12C. The summed E-state index contributed by atoms with van der Waals surface area (Å²) < 4.78 is 5.82. The van der Waals surface area contributed by atoms with Gasteiger partial charge in [0, 0.05) is 11.0 Å². The quantitative estimate of drug-likeness (QED) is 0.584. The van der Waals surface area contributed by atoms with Crippen LogP contribution in [0.25, 0.3) is 5.57 Å². The number of hydrogen-bond donors (Lipinski definition) is 0. The highest BCUT2D eigenvalue weighted by atomic mass is 16.5. The molecule has 13 heavy (non-hydrogen) atoms. The van der Waals surface area contributed by atoms with Crippen molar-refractivity contribution in [3.05, 3.63) is 36.4 Å². The Morgan fingerprint density at radius 2 is 2.23 bits per heavy atom. The van der Waals surface area contributed by atoms with Crippen LogP contribution in [-0.4, -0.2) is 6.10 Å². The number of para-hydroxylation sites is 1. The molecule has 1 nitrogen and oxygen atoms in total. The Balaban J connectivity index is 2.18. The molecule has 0 saturated heterocycles. The first kappa shape index (κ1) is 7.19. The van der Waals surface area contributed by atoms with E-state index in [2.05, 4.69) is 19.6 Å². The lowest BCUT2D eigenvalue weighted by molar-refractivity contribution is 0.262. The lowest BCUT2D eigenvalue weighted by Gasteiger charge is -2.24. The average molecular weight is 172 g/mol. The summed E-state index contributed by atoms with van der Waals surface area (Å²) in [5, 5.41) is 0. The molecule has 1 aromatic carbocycles. The molecule has 0 aromatic heterocycles. The summed E-state index contributed by atoms with van der Waals surface area (Å²) in [4.78, 5) is 0. The highest BCUT2D eigenvalue weighted by Gasteiger charge is 2.57. The van der Waals surface area contributed by atoms with E-state index in [1.807, 2.05) is 18.2 Å². The third-order valence-electron chi connectivity index (χ3n) is 3.33. The molecular weight excluding hydrogens is 160 g/mol. The second-order valence-electron chi connectivity index (χ2n) is 4.20. The Labute approximate surface area is 78.0 Å². The molecule has 66 valence electrons. The molecule has 1 aromatic rings. The lowest BCUT2D eigenvalue weighted by Crippen LogP contribution is -2.16. The minimum atomic E-state index is 0.231. The van der Waals surface area contributed by atoms with Crippen LogP contribution in [0.5, 0.6) is 5.75 Å². The van der Waals surface area contributed by atoms with Gasteiger partial charge in [-0.3, -0.25) is 0 Å². The van der Waals surface area contributed by atoms with E-state index < -0.39 is 0 Å². The first-order valence-corrected chi connectivity index (χ1v) is 4.67. The maximum atomic E-state index is 5.82. The zero-order valence-electron chi connectivity index (χ0n) is 7.71. The Morgan fingerprint density at radius 3 is 3.08 bits per heavy atom. The largest absolute Gasteiger partial charge is 0.489 e. The van der Waals surface area contributed by atoms with E-state index in [9.17, 15) is 0 Å². The fourth-order valence-electron chi connectivity index (χ4n) is 2.10. The van der Waals surface area contributed by atoms with Crippen LogP contribution in [0.1, 0.15) is 18.9 Å². The summed E-state index contributed by atoms with van der Waals surface area (Å²) in [6.45, 7) is 6.40. The minimum Gasteiger partial charge on any atom is -0.489 e. The molecular formula is C12H12O. The van der Waals surface area contributed by atoms with Gasteiger partial charge in [-0.25, -0.2) is 0 Å². The topological polar surface area (TPSA) is 9.23 Å². The normalized spacial score (nSPS) is 34.5. The maximum Gasteiger partial charge on any atom is 0.127 e. The van der Waals surface area contributed by atoms with Crippen LogP contribution < -0.4 is 4.74 Å². The number of hydrogen-bond acceptors (Lipinski definition) is 1. The van der Waals surface area contributed by atoms with Gasteiger partial charge in [0.25, 0.3) is 0 Å². The van der Waals surface area contributed by atoms with Gasteiger partial charge in [0.15, 0.2) is 0 Å². The van der Waals surface area contributed by atoms with Crippen LogP contribution in [0.15, 0.2) is 30.8 Å². The maximum absolute atomic E-state index is 5.82. The van der Waals surface area contributed by atoms with E-state index >= 15 is 0 Å². The van der Waals surface area contributed by atoms with Gasteiger partial charge in [-0.15, -0.1) is 0 Å². The molecule has 3 rings (SSSR count). The third-order valence-corrected chi connectivity index (χ3v) is 3.33. The molecule has 0 amide bonds. The fraction of sp³-hybridized carbons (Fsp3) is 0.333. The van der Waals surface area contributed by atoms with Gasteiger partial charge in [0.05, 0.1) is 0 Å². The summed E-state index contributed by atoms with van der Waals surface area (Å²) in [5.74, 6) is 1.01. The Kier molecular flexibility index (Phi) is 1.09. The molecule has 0 spiro atoms. The Morgan fingerprint density at radius 1 is 1.46 bits per heavy atom. The van der Waals surface area contributed by atoms with Gasteiger partial charge in [0.2, 0.25) is 0 Å². The summed E-state index contributed by atoms with van der Waals surface area (Å²) in [6.07, 6.45) is 1.51. The standard InChI is InChI=1S/C12H12O/c1-8-9-5-3-4-6-10(9)13-11-7-12(8,11)2/h3-6,11H,1,7H2,2H3. The van der Waals surface area contributed by atoms with Crippen molar-refractivity contribution in [3.8, 4) is 5.75 Å². The van der Waals surface area contributed by atoms with Crippen LogP contribution in [0.4, 0.5) is 0 Å². The predicted molar refractivity (Wildman–Crippen MR) is 52.6 cm³/mol.